The van der Waals surface area contributed by atoms with Gasteiger partial charge in [-0.05, 0) is 54.6 Å². The van der Waals surface area contributed by atoms with Crippen LogP contribution in [-0.2, 0) is 10.0 Å². The Kier molecular flexibility index (Phi) is 6.34. The minimum atomic E-state index is -4.47. The van der Waals surface area contributed by atoms with E-state index >= 15 is 0 Å². The summed E-state index contributed by atoms with van der Waals surface area (Å²) in [5, 5.41) is 10.1. The molecule has 12 heteroatoms. The van der Waals surface area contributed by atoms with Gasteiger partial charge in [0, 0.05) is 43.4 Å². The van der Waals surface area contributed by atoms with Gasteiger partial charge in [0.15, 0.2) is 0 Å². The molecule has 4 aromatic rings. The van der Waals surface area contributed by atoms with Crippen LogP contribution in [0.3, 0.4) is 0 Å². The molecule has 0 atom stereocenters. The molecular weight excluding hydrogens is 504 g/mol. The van der Waals surface area contributed by atoms with E-state index in [0.29, 0.717) is 49.6 Å². The third kappa shape index (κ3) is 5.00. The first-order valence-electron chi connectivity index (χ1n) is 11.3. The van der Waals surface area contributed by atoms with Crippen molar-refractivity contribution in [2.24, 2.45) is 0 Å². The number of rotatable bonds is 6. The lowest BCUT2D eigenvalue weighted by Gasteiger charge is -2.36. The average Bonchev–Trinajstić information content (AvgIpc) is 2.89. The number of fused-ring (bicyclic) bond motifs is 1. The fraction of sp³-hybridized carbons (Fsp3) is 0.160. The maximum Gasteiger partial charge on any atom is 0.336 e. The molecule has 1 fully saturated rings. The van der Waals surface area contributed by atoms with E-state index in [1.807, 2.05) is 23.1 Å². The summed E-state index contributed by atoms with van der Waals surface area (Å²) in [7, 11) is -4.47. The molecule has 5 rings (SSSR count). The number of aromatic nitrogens is 2. The Hall–Kier alpha value is -4.32. The zero-order valence-electron chi connectivity index (χ0n) is 19.3. The lowest BCUT2D eigenvalue weighted by Crippen LogP contribution is -2.47. The van der Waals surface area contributed by atoms with Crippen molar-refractivity contribution < 1.29 is 27.1 Å². The van der Waals surface area contributed by atoms with Crippen molar-refractivity contribution in [3.05, 3.63) is 84.1 Å². The van der Waals surface area contributed by atoms with Crippen molar-refractivity contribution in [3.8, 4) is 0 Å². The highest BCUT2D eigenvalue weighted by molar-refractivity contribution is 7.92. The maximum atomic E-state index is 14.0. The number of sulfonamides is 1. The number of piperazine rings is 1. The van der Waals surface area contributed by atoms with Crippen molar-refractivity contribution in [2.45, 2.75) is 4.90 Å². The van der Waals surface area contributed by atoms with Gasteiger partial charge in [-0.25, -0.2) is 32.0 Å². The molecule has 0 bridgehead atoms. The summed E-state index contributed by atoms with van der Waals surface area (Å²) in [5.74, 6) is -1.88. The molecule has 1 aliphatic heterocycles. The van der Waals surface area contributed by atoms with Crippen molar-refractivity contribution in [2.75, 3.05) is 40.7 Å². The molecule has 2 aromatic heterocycles. The zero-order valence-corrected chi connectivity index (χ0v) is 20.1. The topological polar surface area (TPSA) is 116 Å². The largest absolute Gasteiger partial charge is 0.478 e. The summed E-state index contributed by atoms with van der Waals surface area (Å²) < 4.78 is 55.1. The second-order valence-corrected chi connectivity index (χ2v) is 10.1. The highest BCUT2D eigenvalue weighted by Crippen LogP contribution is 2.28. The lowest BCUT2D eigenvalue weighted by atomic mass is 10.1. The van der Waals surface area contributed by atoms with Crippen LogP contribution in [0.5, 0.6) is 0 Å². The molecule has 0 saturated carbocycles. The van der Waals surface area contributed by atoms with E-state index in [1.54, 1.807) is 6.20 Å². The van der Waals surface area contributed by atoms with Crippen LogP contribution in [0.25, 0.3) is 10.9 Å². The fourth-order valence-electron chi connectivity index (χ4n) is 4.21. The van der Waals surface area contributed by atoms with Crippen LogP contribution in [-0.4, -0.2) is 55.6 Å². The Morgan fingerprint density at radius 1 is 0.919 bits per heavy atom. The third-order valence-corrected chi connectivity index (χ3v) is 7.43. The normalized spacial score (nSPS) is 14.1. The van der Waals surface area contributed by atoms with E-state index < -0.39 is 32.5 Å². The number of aromatic carboxylic acids is 1. The van der Waals surface area contributed by atoms with Gasteiger partial charge in [-0.2, -0.15) is 0 Å². The Morgan fingerprint density at radius 2 is 1.65 bits per heavy atom. The minimum Gasteiger partial charge on any atom is -0.478 e. The number of benzene rings is 2. The number of carbonyl (C=O) groups is 1. The molecule has 3 heterocycles. The molecule has 2 aromatic carbocycles. The highest BCUT2D eigenvalue weighted by atomic mass is 32.2. The predicted octanol–water partition coefficient (Wildman–Crippen LogP) is 3.73. The molecule has 2 N–H and O–H groups in total. The summed E-state index contributed by atoms with van der Waals surface area (Å²) in [6.07, 6.45) is 1.73. The molecular formula is C25H21F2N5O4S. The first-order chi connectivity index (χ1) is 17.7. The molecule has 1 aliphatic rings. The number of hydrogen-bond donors (Lipinski definition) is 2. The van der Waals surface area contributed by atoms with Crippen molar-refractivity contribution >= 4 is 44.2 Å². The van der Waals surface area contributed by atoms with E-state index in [4.69, 9.17) is 0 Å². The van der Waals surface area contributed by atoms with Crippen LogP contribution >= 0.6 is 0 Å². The summed E-state index contributed by atoms with van der Waals surface area (Å²) >= 11 is 0. The first-order valence-corrected chi connectivity index (χ1v) is 12.8. The van der Waals surface area contributed by atoms with Gasteiger partial charge in [-0.3, -0.25) is 4.72 Å². The second-order valence-electron chi connectivity index (χ2n) is 8.41. The number of carboxylic acid groups (broad SMARTS) is 1. The minimum absolute atomic E-state index is 0.0165. The van der Waals surface area contributed by atoms with E-state index in [0.717, 1.165) is 11.9 Å². The number of anilines is 3. The van der Waals surface area contributed by atoms with Crippen molar-refractivity contribution in [3.63, 3.8) is 0 Å². The highest BCUT2D eigenvalue weighted by Gasteiger charge is 2.23. The molecule has 0 radical (unpaired) electrons. The Bertz CT molecular complexity index is 1590. The van der Waals surface area contributed by atoms with Gasteiger partial charge in [0.2, 0.25) is 0 Å². The number of hydrogen-bond acceptors (Lipinski definition) is 7. The Balaban J connectivity index is 1.42. The number of nitrogens with zero attached hydrogens (tertiary/aromatic N) is 4. The van der Waals surface area contributed by atoms with E-state index in [-0.39, 0.29) is 16.6 Å². The average molecular weight is 526 g/mol. The van der Waals surface area contributed by atoms with E-state index in [9.17, 15) is 27.1 Å². The Labute approximate surface area is 211 Å². The van der Waals surface area contributed by atoms with Crippen molar-refractivity contribution in [1.29, 1.82) is 0 Å². The number of carboxylic acids is 1. The van der Waals surface area contributed by atoms with Crippen LogP contribution in [0.4, 0.5) is 26.1 Å². The summed E-state index contributed by atoms with van der Waals surface area (Å²) in [6, 6.07) is 13.4. The third-order valence-electron chi connectivity index (χ3n) is 6.04. The van der Waals surface area contributed by atoms with Gasteiger partial charge in [-0.1, -0.05) is 6.07 Å². The van der Waals surface area contributed by atoms with Crippen molar-refractivity contribution in [1.82, 2.24) is 9.97 Å². The quantitative estimate of drug-likeness (QED) is 0.391. The van der Waals surface area contributed by atoms with Gasteiger partial charge in [0.1, 0.15) is 28.2 Å². The maximum absolute atomic E-state index is 14.0. The van der Waals surface area contributed by atoms with Crippen LogP contribution < -0.4 is 14.5 Å². The molecule has 0 spiro atoms. The summed E-state index contributed by atoms with van der Waals surface area (Å²) in [4.78, 5) is 24.3. The van der Waals surface area contributed by atoms with Crippen LogP contribution in [0.15, 0.2) is 71.8 Å². The van der Waals surface area contributed by atoms with Gasteiger partial charge >= 0.3 is 5.97 Å². The smallest absolute Gasteiger partial charge is 0.336 e. The van der Waals surface area contributed by atoms with Crippen LogP contribution in [0.2, 0.25) is 0 Å². The van der Waals surface area contributed by atoms with Crippen LogP contribution in [0, 0.1) is 11.6 Å². The van der Waals surface area contributed by atoms with Gasteiger partial charge < -0.3 is 14.9 Å². The monoisotopic (exact) mass is 525 g/mol. The SMILES string of the molecule is O=C(O)c1cc(N2CCN(c3ccccn3)CC2)nc2ccc(NS(=O)(=O)c3cc(F)ccc3F)cc12. The number of pyridine rings is 2. The van der Waals surface area contributed by atoms with Gasteiger partial charge in [0.25, 0.3) is 10.0 Å². The molecule has 1 saturated heterocycles. The van der Waals surface area contributed by atoms with E-state index in [2.05, 4.69) is 19.6 Å². The zero-order chi connectivity index (χ0) is 26.2. The summed E-state index contributed by atoms with van der Waals surface area (Å²) in [5.41, 5.74) is 0.268. The molecule has 9 nitrogen and oxygen atoms in total. The van der Waals surface area contributed by atoms with Crippen LogP contribution in [0.1, 0.15) is 10.4 Å². The summed E-state index contributed by atoms with van der Waals surface area (Å²) in [6.45, 7) is 2.56. The number of nitrogens with one attached hydrogen (secondary N) is 1. The second kappa shape index (κ2) is 9.62. The first kappa shape index (κ1) is 24.4. The lowest BCUT2D eigenvalue weighted by molar-refractivity contribution is 0.0699. The molecule has 0 unspecified atom stereocenters. The number of halogens is 2. The molecule has 0 amide bonds. The Morgan fingerprint density at radius 3 is 2.32 bits per heavy atom. The molecule has 190 valence electrons. The standard InChI is InChI=1S/C25H21F2N5O4S/c26-16-4-6-20(27)22(13-16)37(35,36)30-17-5-7-21-18(14-17)19(25(33)34)15-24(29-21)32-11-9-31(10-12-32)23-3-1-2-8-28-23/h1-8,13-15,30H,9-12H2,(H,33,34). The van der Waals surface area contributed by atoms with Gasteiger partial charge in [-0.15, -0.1) is 0 Å². The van der Waals surface area contributed by atoms with Gasteiger partial charge in [0.05, 0.1) is 11.1 Å². The van der Waals surface area contributed by atoms with E-state index in [1.165, 1.54) is 24.3 Å². The molecule has 0 aliphatic carbocycles. The molecule has 37 heavy (non-hydrogen) atoms. The predicted molar refractivity (Wildman–Crippen MR) is 135 cm³/mol. The fourth-order valence-corrected chi connectivity index (χ4v) is 5.35.